The maximum Gasteiger partial charge on any atom is 0.272 e. The second-order valence-corrected chi connectivity index (χ2v) is 5.12. The number of aromatic amines is 1. The lowest BCUT2D eigenvalue weighted by Gasteiger charge is -2.08. The van der Waals surface area contributed by atoms with Crippen molar-refractivity contribution < 1.29 is 9.90 Å². The first kappa shape index (κ1) is 13.7. The lowest BCUT2D eigenvalue weighted by Crippen LogP contribution is -2.13. The number of nitrogens with one attached hydrogen (secondary N) is 2. The molecule has 0 aliphatic carbocycles. The lowest BCUT2D eigenvalue weighted by atomic mass is 10.2. The number of amides is 1. The van der Waals surface area contributed by atoms with Crippen molar-refractivity contribution in [1.29, 1.82) is 0 Å². The van der Waals surface area contributed by atoms with Gasteiger partial charge in [-0.15, -0.1) is 0 Å². The van der Waals surface area contributed by atoms with Crippen molar-refractivity contribution in [3.63, 3.8) is 0 Å². The molecule has 0 saturated carbocycles. The highest BCUT2D eigenvalue weighted by Crippen LogP contribution is 2.21. The Morgan fingerprint density at radius 3 is 2.81 bits per heavy atom. The zero-order valence-corrected chi connectivity index (χ0v) is 11.8. The van der Waals surface area contributed by atoms with E-state index in [2.05, 4.69) is 10.3 Å². The van der Waals surface area contributed by atoms with Gasteiger partial charge in [0.1, 0.15) is 5.69 Å². The predicted octanol–water partition coefficient (Wildman–Crippen LogP) is 3.57. The molecule has 21 heavy (non-hydrogen) atoms. The Kier molecular flexibility index (Phi) is 3.64. The molecule has 2 aromatic carbocycles. The van der Waals surface area contributed by atoms with Gasteiger partial charge in [0, 0.05) is 27.2 Å². The molecule has 0 saturated heterocycles. The van der Waals surface area contributed by atoms with Crippen LogP contribution in [0.15, 0.2) is 48.5 Å². The van der Waals surface area contributed by atoms with Crippen molar-refractivity contribution in [3.8, 4) is 0 Å². The number of hydrogen-bond donors (Lipinski definition) is 3. The molecule has 0 spiro atoms. The summed E-state index contributed by atoms with van der Waals surface area (Å²) in [7, 11) is 0. The lowest BCUT2D eigenvalue weighted by molar-refractivity contribution is 0.102. The van der Waals surface area contributed by atoms with Gasteiger partial charge in [-0.25, -0.2) is 0 Å². The van der Waals surface area contributed by atoms with Crippen molar-refractivity contribution in [3.05, 3.63) is 64.8 Å². The van der Waals surface area contributed by atoms with Crippen LogP contribution in [0, 0.1) is 0 Å². The molecule has 1 heterocycles. The van der Waals surface area contributed by atoms with Crippen LogP contribution in [-0.4, -0.2) is 16.0 Å². The molecule has 1 amide bonds. The SMILES string of the molecule is O=C(Nc1ccccc1CO)c1cc2cc(Cl)ccc2[nH]1. The van der Waals surface area contributed by atoms with Crippen LogP contribution < -0.4 is 5.32 Å². The Labute approximate surface area is 126 Å². The van der Waals surface area contributed by atoms with E-state index in [4.69, 9.17) is 11.6 Å². The Balaban J connectivity index is 1.90. The summed E-state index contributed by atoms with van der Waals surface area (Å²) in [5.41, 5.74) is 2.56. The summed E-state index contributed by atoms with van der Waals surface area (Å²) in [6, 6.07) is 14.3. The third-order valence-electron chi connectivity index (χ3n) is 3.26. The van der Waals surface area contributed by atoms with Crippen LogP contribution in [0.4, 0.5) is 5.69 Å². The second kappa shape index (κ2) is 5.60. The first-order valence-corrected chi connectivity index (χ1v) is 6.83. The van der Waals surface area contributed by atoms with Gasteiger partial charge >= 0.3 is 0 Å². The number of aliphatic hydroxyl groups is 1. The number of fused-ring (bicyclic) bond motifs is 1. The number of anilines is 1. The Morgan fingerprint density at radius 1 is 1.19 bits per heavy atom. The molecule has 0 aliphatic rings. The molecule has 3 N–H and O–H groups in total. The Bertz CT molecular complexity index is 811. The molecule has 0 unspecified atom stereocenters. The number of H-pyrrole nitrogens is 1. The number of aliphatic hydroxyl groups excluding tert-OH is 1. The van der Waals surface area contributed by atoms with Crippen LogP contribution in [0.25, 0.3) is 10.9 Å². The van der Waals surface area contributed by atoms with Crippen molar-refractivity contribution in [2.24, 2.45) is 0 Å². The molecule has 0 aliphatic heterocycles. The molecule has 3 aromatic rings. The first-order valence-electron chi connectivity index (χ1n) is 6.46. The highest BCUT2D eigenvalue weighted by Gasteiger charge is 2.11. The van der Waals surface area contributed by atoms with E-state index >= 15 is 0 Å². The standard InChI is InChI=1S/C16H13ClN2O2/c17-12-5-6-14-11(7-12)8-15(18-14)16(21)19-13-4-2-1-3-10(13)9-20/h1-8,18,20H,9H2,(H,19,21). The molecule has 1 aromatic heterocycles. The molecule has 0 radical (unpaired) electrons. The fraction of sp³-hybridized carbons (Fsp3) is 0.0625. The zero-order valence-electron chi connectivity index (χ0n) is 11.1. The van der Waals surface area contributed by atoms with Gasteiger partial charge in [0.2, 0.25) is 0 Å². The number of para-hydroxylation sites is 1. The van der Waals surface area contributed by atoms with Crippen LogP contribution in [0.5, 0.6) is 0 Å². The third kappa shape index (κ3) is 2.77. The summed E-state index contributed by atoms with van der Waals surface area (Å²) in [4.78, 5) is 15.3. The monoisotopic (exact) mass is 300 g/mol. The summed E-state index contributed by atoms with van der Waals surface area (Å²) in [6.45, 7) is -0.126. The molecule has 5 heteroatoms. The van der Waals surface area contributed by atoms with Crippen LogP contribution in [0.3, 0.4) is 0 Å². The smallest absolute Gasteiger partial charge is 0.272 e. The van der Waals surface area contributed by atoms with Gasteiger partial charge in [-0.2, -0.15) is 0 Å². The van der Waals surface area contributed by atoms with Gasteiger partial charge in [0.05, 0.1) is 6.61 Å². The maximum absolute atomic E-state index is 12.3. The highest BCUT2D eigenvalue weighted by molar-refractivity contribution is 6.31. The maximum atomic E-state index is 12.3. The van der Waals surface area contributed by atoms with Crippen molar-refractivity contribution in [2.45, 2.75) is 6.61 Å². The largest absolute Gasteiger partial charge is 0.392 e. The van der Waals surface area contributed by atoms with Gasteiger partial charge in [-0.3, -0.25) is 4.79 Å². The average Bonchev–Trinajstić information content (AvgIpc) is 2.91. The van der Waals surface area contributed by atoms with Crippen molar-refractivity contribution >= 4 is 34.1 Å². The van der Waals surface area contributed by atoms with E-state index in [0.717, 1.165) is 10.9 Å². The molecular weight excluding hydrogens is 288 g/mol. The number of carbonyl (C=O) groups is 1. The minimum Gasteiger partial charge on any atom is -0.392 e. The zero-order chi connectivity index (χ0) is 14.8. The van der Waals surface area contributed by atoms with E-state index in [-0.39, 0.29) is 12.5 Å². The van der Waals surface area contributed by atoms with Crippen LogP contribution in [0.2, 0.25) is 5.02 Å². The van der Waals surface area contributed by atoms with Gasteiger partial charge in [-0.05, 0) is 30.3 Å². The van der Waals surface area contributed by atoms with E-state index in [0.29, 0.717) is 22.0 Å². The topological polar surface area (TPSA) is 65.1 Å². The van der Waals surface area contributed by atoms with Gasteiger partial charge in [0.15, 0.2) is 0 Å². The molecule has 106 valence electrons. The number of aromatic nitrogens is 1. The Morgan fingerprint density at radius 2 is 2.00 bits per heavy atom. The molecule has 3 rings (SSSR count). The van der Waals surface area contributed by atoms with Crippen LogP contribution >= 0.6 is 11.6 Å². The van der Waals surface area contributed by atoms with E-state index in [1.54, 1.807) is 36.4 Å². The minimum atomic E-state index is -0.261. The first-order chi connectivity index (χ1) is 10.2. The third-order valence-corrected chi connectivity index (χ3v) is 3.50. The summed E-state index contributed by atoms with van der Waals surface area (Å²) in [6.07, 6.45) is 0. The number of benzene rings is 2. The van der Waals surface area contributed by atoms with Crippen molar-refractivity contribution in [1.82, 2.24) is 4.98 Å². The quantitative estimate of drug-likeness (QED) is 0.692. The normalized spacial score (nSPS) is 10.8. The van der Waals surface area contributed by atoms with Crippen LogP contribution in [-0.2, 0) is 6.61 Å². The minimum absolute atomic E-state index is 0.126. The van der Waals surface area contributed by atoms with E-state index in [1.807, 2.05) is 12.1 Å². The highest BCUT2D eigenvalue weighted by atomic mass is 35.5. The van der Waals surface area contributed by atoms with E-state index in [1.165, 1.54) is 0 Å². The fourth-order valence-electron chi connectivity index (χ4n) is 2.20. The summed E-state index contributed by atoms with van der Waals surface area (Å²) in [5.74, 6) is -0.261. The van der Waals surface area contributed by atoms with Crippen molar-refractivity contribution in [2.75, 3.05) is 5.32 Å². The predicted molar refractivity (Wildman–Crippen MR) is 83.6 cm³/mol. The number of hydrogen-bond acceptors (Lipinski definition) is 2. The van der Waals surface area contributed by atoms with E-state index < -0.39 is 0 Å². The second-order valence-electron chi connectivity index (χ2n) is 4.68. The number of carbonyl (C=O) groups excluding carboxylic acids is 1. The number of rotatable bonds is 3. The van der Waals surface area contributed by atoms with Crippen LogP contribution in [0.1, 0.15) is 16.1 Å². The Hall–Kier alpha value is -2.30. The molecule has 4 nitrogen and oxygen atoms in total. The molecule has 0 bridgehead atoms. The summed E-state index contributed by atoms with van der Waals surface area (Å²) < 4.78 is 0. The molecular formula is C16H13ClN2O2. The summed E-state index contributed by atoms with van der Waals surface area (Å²) >= 11 is 5.93. The molecule has 0 fully saturated rings. The van der Waals surface area contributed by atoms with Gasteiger partial charge in [0.25, 0.3) is 5.91 Å². The van der Waals surface area contributed by atoms with Gasteiger partial charge in [-0.1, -0.05) is 29.8 Å². The number of halogens is 1. The average molecular weight is 301 g/mol. The van der Waals surface area contributed by atoms with E-state index in [9.17, 15) is 9.90 Å². The molecule has 0 atom stereocenters. The summed E-state index contributed by atoms with van der Waals surface area (Å²) in [5, 5.41) is 13.6. The fourth-order valence-corrected chi connectivity index (χ4v) is 2.38. The van der Waals surface area contributed by atoms with Gasteiger partial charge < -0.3 is 15.4 Å².